The normalized spacial score (nSPS) is 13.7. The van der Waals surface area contributed by atoms with Crippen LogP contribution in [0.5, 0.6) is 11.5 Å². The molecular weight excluding hydrogens is 204 g/mol. The van der Waals surface area contributed by atoms with E-state index in [9.17, 15) is 8.78 Å². The third kappa shape index (κ3) is 1.71. The van der Waals surface area contributed by atoms with Gasteiger partial charge in [0.05, 0.1) is 5.56 Å². The van der Waals surface area contributed by atoms with Crippen molar-refractivity contribution in [1.29, 1.82) is 5.26 Å². The van der Waals surface area contributed by atoms with Crippen molar-refractivity contribution in [2.75, 3.05) is 13.2 Å². The van der Waals surface area contributed by atoms with Crippen molar-refractivity contribution in [3.63, 3.8) is 0 Å². The minimum absolute atomic E-state index is 0.0856. The Hall–Kier alpha value is -1.83. The molecule has 0 aliphatic carbocycles. The van der Waals surface area contributed by atoms with Gasteiger partial charge in [-0.2, -0.15) is 5.26 Å². The van der Waals surface area contributed by atoms with Gasteiger partial charge in [0.1, 0.15) is 19.3 Å². The third-order valence-corrected chi connectivity index (χ3v) is 2.04. The van der Waals surface area contributed by atoms with Gasteiger partial charge in [0.15, 0.2) is 11.5 Å². The van der Waals surface area contributed by atoms with Gasteiger partial charge < -0.3 is 9.47 Å². The maximum Gasteiger partial charge on any atom is 0.264 e. The van der Waals surface area contributed by atoms with Crippen LogP contribution in [0.1, 0.15) is 17.6 Å². The highest BCUT2D eigenvalue weighted by Gasteiger charge is 2.20. The second-order valence-corrected chi connectivity index (χ2v) is 3.01. The molecule has 0 amide bonds. The van der Waals surface area contributed by atoms with Crippen molar-refractivity contribution in [3.05, 3.63) is 23.3 Å². The summed E-state index contributed by atoms with van der Waals surface area (Å²) in [5, 5.41) is 8.77. The Labute approximate surface area is 84.8 Å². The molecule has 1 aromatic carbocycles. The van der Waals surface area contributed by atoms with Crippen molar-refractivity contribution in [2.24, 2.45) is 0 Å². The van der Waals surface area contributed by atoms with Gasteiger partial charge in [-0.25, -0.2) is 8.78 Å². The summed E-state index contributed by atoms with van der Waals surface area (Å²) in [6.45, 7) is 0.639. The zero-order valence-corrected chi connectivity index (χ0v) is 7.67. The fourth-order valence-electron chi connectivity index (χ4n) is 1.38. The van der Waals surface area contributed by atoms with Crippen LogP contribution in [-0.2, 0) is 0 Å². The summed E-state index contributed by atoms with van der Waals surface area (Å²) in [5.41, 5.74) is -0.140. The number of ether oxygens (including phenoxy) is 2. The SMILES string of the molecule is N#Cc1cc(C(F)F)cc2c1OCCO2. The lowest BCUT2D eigenvalue weighted by atomic mass is 10.1. The van der Waals surface area contributed by atoms with Gasteiger partial charge in [0, 0.05) is 5.56 Å². The molecule has 0 N–H and O–H groups in total. The van der Waals surface area contributed by atoms with E-state index in [1.54, 1.807) is 0 Å². The van der Waals surface area contributed by atoms with Gasteiger partial charge in [-0.05, 0) is 12.1 Å². The fraction of sp³-hybridized carbons (Fsp3) is 0.300. The van der Waals surface area contributed by atoms with Gasteiger partial charge in [-0.3, -0.25) is 0 Å². The van der Waals surface area contributed by atoms with Crippen LogP contribution in [-0.4, -0.2) is 13.2 Å². The van der Waals surface area contributed by atoms with E-state index < -0.39 is 6.43 Å². The van der Waals surface area contributed by atoms with Crippen LogP contribution in [0.15, 0.2) is 12.1 Å². The van der Waals surface area contributed by atoms with E-state index in [1.165, 1.54) is 6.07 Å². The third-order valence-electron chi connectivity index (χ3n) is 2.04. The van der Waals surface area contributed by atoms with Crippen molar-refractivity contribution < 1.29 is 18.3 Å². The zero-order chi connectivity index (χ0) is 10.8. The second-order valence-electron chi connectivity index (χ2n) is 3.01. The highest BCUT2D eigenvalue weighted by Crippen LogP contribution is 2.37. The van der Waals surface area contributed by atoms with Crippen LogP contribution < -0.4 is 9.47 Å². The molecule has 5 heteroatoms. The standard InChI is InChI=1S/C10H7F2NO2/c11-10(12)6-3-7(5-13)9-8(4-6)14-1-2-15-9/h3-4,10H,1-2H2. The first-order valence-electron chi connectivity index (χ1n) is 4.34. The summed E-state index contributed by atoms with van der Waals surface area (Å²) in [6, 6.07) is 4.14. The van der Waals surface area contributed by atoms with E-state index in [0.717, 1.165) is 6.07 Å². The van der Waals surface area contributed by atoms with E-state index >= 15 is 0 Å². The van der Waals surface area contributed by atoms with E-state index in [0.29, 0.717) is 13.2 Å². The summed E-state index contributed by atoms with van der Waals surface area (Å²) in [5.74, 6) is 0.476. The Kier molecular flexibility index (Phi) is 2.42. The van der Waals surface area contributed by atoms with Crippen LogP contribution in [0.25, 0.3) is 0 Å². The largest absolute Gasteiger partial charge is 0.486 e. The topological polar surface area (TPSA) is 42.2 Å². The van der Waals surface area contributed by atoms with Crippen molar-refractivity contribution in [2.45, 2.75) is 6.43 Å². The molecule has 15 heavy (non-hydrogen) atoms. The molecule has 0 saturated heterocycles. The minimum Gasteiger partial charge on any atom is -0.486 e. The Morgan fingerprint density at radius 3 is 2.67 bits per heavy atom. The van der Waals surface area contributed by atoms with Crippen LogP contribution in [0, 0.1) is 11.3 Å². The van der Waals surface area contributed by atoms with Gasteiger partial charge in [0.25, 0.3) is 6.43 Å². The lowest BCUT2D eigenvalue weighted by Gasteiger charge is -2.20. The van der Waals surface area contributed by atoms with Crippen molar-refractivity contribution in [1.82, 2.24) is 0 Å². The van der Waals surface area contributed by atoms with Gasteiger partial charge >= 0.3 is 0 Å². The summed E-state index contributed by atoms with van der Waals surface area (Å²) in [7, 11) is 0. The molecule has 1 aliphatic rings. The van der Waals surface area contributed by atoms with Crippen molar-refractivity contribution >= 4 is 0 Å². The van der Waals surface area contributed by atoms with Gasteiger partial charge in [-0.1, -0.05) is 0 Å². The number of fused-ring (bicyclic) bond motifs is 1. The summed E-state index contributed by atoms with van der Waals surface area (Å²) in [4.78, 5) is 0. The first kappa shape index (κ1) is 9.71. The molecule has 78 valence electrons. The van der Waals surface area contributed by atoms with E-state index in [1.807, 2.05) is 6.07 Å². The predicted octanol–water partition coefficient (Wildman–Crippen LogP) is 2.27. The second kappa shape index (κ2) is 3.73. The number of hydrogen-bond acceptors (Lipinski definition) is 3. The number of rotatable bonds is 1. The summed E-state index contributed by atoms with van der Waals surface area (Å²) >= 11 is 0. The maximum atomic E-state index is 12.4. The molecule has 1 aromatic rings. The number of alkyl halides is 2. The van der Waals surface area contributed by atoms with Crippen LogP contribution in [0.4, 0.5) is 8.78 Å². The molecule has 0 radical (unpaired) electrons. The molecule has 3 nitrogen and oxygen atoms in total. The van der Waals surface area contributed by atoms with Crippen LogP contribution >= 0.6 is 0 Å². The Morgan fingerprint density at radius 2 is 2.00 bits per heavy atom. The Balaban J connectivity index is 2.54. The first-order valence-corrected chi connectivity index (χ1v) is 4.34. The summed E-state index contributed by atoms with van der Waals surface area (Å²) in [6.07, 6.45) is -2.62. The predicted molar refractivity (Wildman–Crippen MR) is 47.1 cm³/mol. The molecular formula is C10H7F2NO2. The number of nitriles is 1. The van der Waals surface area contributed by atoms with E-state index in [2.05, 4.69) is 0 Å². The maximum absolute atomic E-state index is 12.4. The lowest BCUT2D eigenvalue weighted by Crippen LogP contribution is -2.16. The molecule has 0 bridgehead atoms. The molecule has 0 unspecified atom stereocenters. The van der Waals surface area contributed by atoms with E-state index in [4.69, 9.17) is 14.7 Å². The lowest BCUT2D eigenvalue weighted by molar-refractivity contribution is 0.147. The van der Waals surface area contributed by atoms with Crippen LogP contribution in [0.3, 0.4) is 0 Å². The molecule has 0 aromatic heterocycles. The number of halogens is 2. The highest BCUT2D eigenvalue weighted by atomic mass is 19.3. The molecule has 0 atom stereocenters. The Bertz CT molecular complexity index is 426. The first-order chi connectivity index (χ1) is 7.22. The smallest absolute Gasteiger partial charge is 0.264 e. The minimum atomic E-state index is -2.62. The molecule has 2 rings (SSSR count). The molecule has 0 spiro atoms. The van der Waals surface area contributed by atoms with Crippen molar-refractivity contribution in [3.8, 4) is 17.6 Å². The average molecular weight is 211 g/mol. The van der Waals surface area contributed by atoms with Gasteiger partial charge in [-0.15, -0.1) is 0 Å². The quantitative estimate of drug-likeness (QED) is 0.715. The van der Waals surface area contributed by atoms with Gasteiger partial charge in [0.2, 0.25) is 0 Å². The average Bonchev–Trinajstić information content (AvgIpc) is 2.27. The zero-order valence-electron chi connectivity index (χ0n) is 7.67. The Morgan fingerprint density at radius 1 is 1.27 bits per heavy atom. The highest BCUT2D eigenvalue weighted by molar-refractivity contribution is 5.55. The molecule has 1 heterocycles. The van der Waals surface area contributed by atoms with E-state index in [-0.39, 0.29) is 22.6 Å². The number of benzene rings is 1. The summed E-state index contributed by atoms with van der Waals surface area (Å²) < 4.78 is 35.2. The monoisotopic (exact) mass is 211 g/mol. The molecule has 0 fully saturated rings. The number of nitrogens with zero attached hydrogens (tertiary/aromatic N) is 1. The fourth-order valence-corrected chi connectivity index (χ4v) is 1.38. The molecule has 0 saturated carbocycles. The van der Waals surface area contributed by atoms with Crippen LogP contribution in [0.2, 0.25) is 0 Å². The molecule has 1 aliphatic heterocycles. The number of hydrogen-bond donors (Lipinski definition) is 0.